The van der Waals surface area contributed by atoms with Crippen molar-refractivity contribution >= 4 is 23.2 Å². The van der Waals surface area contributed by atoms with E-state index in [1.165, 1.54) is 0 Å². The quantitative estimate of drug-likeness (QED) is 0.709. The molecule has 0 saturated carbocycles. The maximum Gasteiger partial charge on any atom is 0.256 e. The van der Waals surface area contributed by atoms with E-state index in [9.17, 15) is 4.79 Å². The molecule has 0 heterocycles. The van der Waals surface area contributed by atoms with Gasteiger partial charge in [0.2, 0.25) is 0 Å². The Morgan fingerprint density at radius 1 is 1.14 bits per heavy atom. The first-order valence-electron chi connectivity index (χ1n) is 7.96. The van der Waals surface area contributed by atoms with Crippen molar-refractivity contribution in [3.8, 4) is 0 Å². The number of nitrogens with one attached hydrogen (secondary N) is 1. The first kappa shape index (κ1) is 17.8. The number of halogens is 1. The fraction of sp³-hybridized carbons (Fsp3) is 0.588. The van der Waals surface area contributed by atoms with E-state index in [1.54, 1.807) is 6.07 Å². The molecular formula is C17H27ClN2O. The molecule has 0 atom stereocenters. The summed E-state index contributed by atoms with van der Waals surface area (Å²) in [5, 5.41) is 3.85. The topological polar surface area (TPSA) is 32.3 Å². The largest absolute Gasteiger partial charge is 0.385 e. The van der Waals surface area contributed by atoms with Crippen LogP contribution in [0.25, 0.3) is 0 Å². The monoisotopic (exact) mass is 310 g/mol. The third-order valence-electron chi connectivity index (χ3n) is 3.43. The summed E-state index contributed by atoms with van der Waals surface area (Å²) < 4.78 is 0. The lowest BCUT2D eigenvalue weighted by atomic mass is 10.1. The molecule has 0 fully saturated rings. The molecule has 0 aliphatic carbocycles. The Bertz CT molecular complexity index is 440. The Hall–Kier alpha value is -1.22. The minimum atomic E-state index is 0.0790. The molecule has 0 unspecified atom stereocenters. The lowest BCUT2D eigenvalue weighted by molar-refractivity contribution is 0.0752. The Labute approximate surface area is 133 Å². The summed E-state index contributed by atoms with van der Waals surface area (Å²) in [5.74, 6) is 0.0790. The van der Waals surface area contributed by atoms with Crippen LogP contribution in [0.3, 0.4) is 0 Å². The van der Waals surface area contributed by atoms with E-state index in [1.807, 2.05) is 24.0 Å². The van der Waals surface area contributed by atoms with Crippen LogP contribution < -0.4 is 5.32 Å². The van der Waals surface area contributed by atoms with Crippen LogP contribution in [0.4, 0.5) is 5.69 Å². The number of carbonyl (C=O) groups excluding carboxylic acids is 1. The van der Waals surface area contributed by atoms with Crippen LogP contribution in [0.2, 0.25) is 5.02 Å². The molecule has 0 saturated heterocycles. The van der Waals surface area contributed by atoms with E-state index < -0.39 is 0 Å². The molecule has 118 valence electrons. The second-order valence-electron chi connectivity index (χ2n) is 5.22. The van der Waals surface area contributed by atoms with E-state index >= 15 is 0 Å². The SMILES string of the molecule is CCCCN(CCCC)C(=O)c1cc(Cl)ccc1NCC. The second kappa shape index (κ2) is 9.67. The molecule has 0 aliphatic rings. The van der Waals surface area contributed by atoms with Crippen LogP contribution >= 0.6 is 11.6 Å². The number of anilines is 1. The van der Waals surface area contributed by atoms with Gasteiger partial charge in [-0.25, -0.2) is 0 Å². The third kappa shape index (κ3) is 5.58. The molecule has 21 heavy (non-hydrogen) atoms. The summed E-state index contributed by atoms with van der Waals surface area (Å²) in [7, 11) is 0. The van der Waals surface area contributed by atoms with Crippen molar-refractivity contribution in [1.29, 1.82) is 0 Å². The smallest absolute Gasteiger partial charge is 0.256 e. The van der Waals surface area contributed by atoms with Gasteiger partial charge in [0.15, 0.2) is 0 Å². The Balaban J connectivity index is 2.97. The maximum absolute atomic E-state index is 12.8. The fourth-order valence-electron chi connectivity index (χ4n) is 2.22. The molecule has 1 amide bonds. The maximum atomic E-state index is 12.8. The third-order valence-corrected chi connectivity index (χ3v) is 3.66. The van der Waals surface area contributed by atoms with E-state index in [-0.39, 0.29) is 5.91 Å². The van der Waals surface area contributed by atoms with Crippen LogP contribution in [0.1, 0.15) is 56.8 Å². The number of amides is 1. The summed E-state index contributed by atoms with van der Waals surface area (Å²) in [6.07, 6.45) is 4.25. The molecule has 1 aromatic rings. The highest BCUT2D eigenvalue weighted by Crippen LogP contribution is 2.22. The molecule has 4 heteroatoms. The lowest BCUT2D eigenvalue weighted by Crippen LogP contribution is -2.33. The van der Waals surface area contributed by atoms with Gasteiger partial charge in [-0.2, -0.15) is 0 Å². The van der Waals surface area contributed by atoms with Crippen LogP contribution in [0, 0.1) is 0 Å². The summed E-state index contributed by atoms with van der Waals surface area (Å²) in [5.41, 5.74) is 1.54. The first-order chi connectivity index (χ1) is 10.1. The molecule has 0 radical (unpaired) electrons. The van der Waals surface area contributed by atoms with Crippen molar-refractivity contribution < 1.29 is 4.79 Å². The summed E-state index contributed by atoms with van der Waals surface area (Å²) in [4.78, 5) is 14.8. The standard InChI is InChI=1S/C17H27ClN2O/c1-4-7-11-20(12-8-5-2)17(21)15-13-14(18)9-10-16(15)19-6-3/h9-10,13,19H,4-8,11-12H2,1-3H3. The average Bonchev–Trinajstić information content (AvgIpc) is 2.49. The predicted molar refractivity (Wildman–Crippen MR) is 91.3 cm³/mol. The van der Waals surface area contributed by atoms with Gasteiger partial charge in [-0.1, -0.05) is 38.3 Å². The van der Waals surface area contributed by atoms with Gasteiger partial charge >= 0.3 is 0 Å². The van der Waals surface area contributed by atoms with Gasteiger partial charge < -0.3 is 10.2 Å². The van der Waals surface area contributed by atoms with Gasteiger partial charge in [0.25, 0.3) is 5.91 Å². The molecule has 3 nitrogen and oxygen atoms in total. The fourth-order valence-corrected chi connectivity index (χ4v) is 2.39. The van der Waals surface area contributed by atoms with Crippen LogP contribution in [0.5, 0.6) is 0 Å². The minimum absolute atomic E-state index is 0.0790. The first-order valence-corrected chi connectivity index (χ1v) is 8.34. The van der Waals surface area contributed by atoms with Crippen molar-refractivity contribution in [2.45, 2.75) is 46.5 Å². The van der Waals surface area contributed by atoms with E-state index in [0.717, 1.165) is 51.0 Å². The molecule has 1 aromatic carbocycles. The summed E-state index contributed by atoms with van der Waals surface area (Å²) in [6, 6.07) is 5.47. The Morgan fingerprint density at radius 2 is 1.76 bits per heavy atom. The van der Waals surface area contributed by atoms with Crippen LogP contribution in [-0.2, 0) is 0 Å². The van der Waals surface area contributed by atoms with Gasteiger partial charge in [0.1, 0.15) is 0 Å². The highest BCUT2D eigenvalue weighted by molar-refractivity contribution is 6.31. The number of benzene rings is 1. The van der Waals surface area contributed by atoms with Crippen LogP contribution in [0.15, 0.2) is 18.2 Å². The second-order valence-corrected chi connectivity index (χ2v) is 5.66. The van der Waals surface area contributed by atoms with Gasteiger partial charge in [0, 0.05) is 30.3 Å². The minimum Gasteiger partial charge on any atom is -0.385 e. The van der Waals surface area contributed by atoms with Crippen molar-refractivity contribution in [1.82, 2.24) is 4.90 Å². The van der Waals surface area contributed by atoms with E-state index in [0.29, 0.717) is 10.6 Å². The number of hydrogen-bond donors (Lipinski definition) is 1. The number of carbonyl (C=O) groups is 1. The molecule has 1 N–H and O–H groups in total. The number of hydrogen-bond acceptors (Lipinski definition) is 2. The zero-order valence-corrected chi connectivity index (χ0v) is 14.2. The highest BCUT2D eigenvalue weighted by atomic mass is 35.5. The number of nitrogens with zero attached hydrogens (tertiary/aromatic N) is 1. The van der Waals surface area contributed by atoms with Gasteiger partial charge in [-0.05, 0) is 38.0 Å². The average molecular weight is 311 g/mol. The highest BCUT2D eigenvalue weighted by Gasteiger charge is 2.18. The molecule has 0 bridgehead atoms. The zero-order valence-electron chi connectivity index (χ0n) is 13.4. The molecule has 0 aromatic heterocycles. The van der Waals surface area contributed by atoms with Crippen molar-refractivity contribution in [3.63, 3.8) is 0 Å². The summed E-state index contributed by atoms with van der Waals surface area (Å²) >= 11 is 6.08. The Kier molecular flexibility index (Phi) is 8.21. The van der Waals surface area contributed by atoms with Crippen molar-refractivity contribution in [3.05, 3.63) is 28.8 Å². The van der Waals surface area contributed by atoms with Crippen molar-refractivity contribution in [2.24, 2.45) is 0 Å². The molecule has 1 rings (SSSR count). The van der Waals surface area contributed by atoms with E-state index in [4.69, 9.17) is 11.6 Å². The number of rotatable bonds is 9. The number of unbranched alkanes of at least 4 members (excludes halogenated alkanes) is 2. The van der Waals surface area contributed by atoms with E-state index in [2.05, 4.69) is 19.2 Å². The van der Waals surface area contributed by atoms with Gasteiger partial charge in [-0.15, -0.1) is 0 Å². The summed E-state index contributed by atoms with van der Waals surface area (Å²) in [6.45, 7) is 8.72. The predicted octanol–water partition coefficient (Wildman–Crippen LogP) is 4.81. The molecule has 0 aliphatic heterocycles. The van der Waals surface area contributed by atoms with Gasteiger partial charge in [-0.3, -0.25) is 4.79 Å². The Morgan fingerprint density at radius 3 is 2.29 bits per heavy atom. The zero-order chi connectivity index (χ0) is 15.7. The van der Waals surface area contributed by atoms with Gasteiger partial charge in [0.05, 0.1) is 5.56 Å². The molecule has 0 spiro atoms. The lowest BCUT2D eigenvalue weighted by Gasteiger charge is -2.24. The van der Waals surface area contributed by atoms with Crippen LogP contribution in [-0.4, -0.2) is 30.4 Å². The molecular weight excluding hydrogens is 284 g/mol. The van der Waals surface area contributed by atoms with Crippen molar-refractivity contribution in [2.75, 3.05) is 25.0 Å². The normalized spacial score (nSPS) is 10.5.